The molecule has 2 saturated heterocycles. The third kappa shape index (κ3) is 3.11. The zero-order valence-electron chi connectivity index (χ0n) is 9.89. The fraction of sp³-hybridized carbons (Fsp3) is 0.900. The van der Waals surface area contributed by atoms with E-state index in [-0.39, 0.29) is 41.8 Å². The van der Waals surface area contributed by atoms with Crippen LogP contribution in [-0.2, 0) is 14.6 Å². The first-order valence-corrected chi connectivity index (χ1v) is 7.57. The van der Waals surface area contributed by atoms with Gasteiger partial charge >= 0.3 is 0 Å². The highest BCUT2D eigenvalue weighted by atomic mass is 35.5. The van der Waals surface area contributed by atoms with E-state index in [9.17, 15) is 13.2 Å². The molecule has 1 amide bonds. The minimum atomic E-state index is -2.91. The monoisotopic (exact) mass is 282 g/mol. The van der Waals surface area contributed by atoms with Gasteiger partial charge in [0.25, 0.3) is 0 Å². The molecule has 0 aliphatic carbocycles. The highest BCUT2D eigenvalue weighted by molar-refractivity contribution is 7.91. The Balaban J connectivity index is 0.00000144. The van der Waals surface area contributed by atoms with Crippen molar-refractivity contribution in [2.24, 2.45) is 5.92 Å². The SMILES string of the molecule is CCN(C(=O)C1CNC1)C1CCS(=O)(=O)C1.Cl. The number of sulfone groups is 1. The van der Waals surface area contributed by atoms with E-state index in [1.165, 1.54) is 0 Å². The van der Waals surface area contributed by atoms with E-state index in [0.717, 1.165) is 13.1 Å². The Morgan fingerprint density at radius 3 is 2.41 bits per heavy atom. The van der Waals surface area contributed by atoms with Crippen LogP contribution in [0.3, 0.4) is 0 Å². The molecule has 0 spiro atoms. The van der Waals surface area contributed by atoms with E-state index in [0.29, 0.717) is 13.0 Å². The summed E-state index contributed by atoms with van der Waals surface area (Å²) >= 11 is 0. The summed E-state index contributed by atoms with van der Waals surface area (Å²) < 4.78 is 22.8. The normalized spacial score (nSPS) is 27.0. The molecule has 2 fully saturated rings. The van der Waals surface area contributed by atoms with Gasteiger partial charge in [-0.3, -0.25) is 4.79 Å². The van der Waals surface area contributed by atoms with Gasteiger partial charge in [0.1, 0.15) is 0 Å². The van der Waals surface area contributed by atoms with Gasteiger partial charge in [-0.15, -0.1) is 12.4 Å². The van der Waals surface area contributed by atoms with Crippen LogP contribution in [0.4, 0.5) is 0 Å². The molecule has 2 rings (SSSR count). The lowest BCUT2D eigenvalue weighted by molar-refractivity contribution is -0.138. The summed E-state index contributed by atoms with van der Waals surface area (Å²) in [5, 5.41) is 3.06. The van der Waals surface area contributed by atoms with Crippen LogP contribution < -0.4 is 5.32 Å². The van der Waals surface area contributed by atoms with Crippen molar-refractivity contribution in [3.05, 3.63) is 0 Å². The second kappa shape index (κ2) is 5.54. The lowest BCUT2D eigenvalue weighted by Crippen LogP contribution is -2.54. The number of nitrogens with one attached hydrogen (secondary N) is 1. The van der Waals surface area contributed by atoms with Crippen LogP contribution in [0.15, 0.2) is 0 Å². The molecule has 1 N–H and O–H groups in total. The quantitative estimate of drug-likeness (QED) is 0.769. The van der Waals surface area contributed by atoms with E-state index in [4.69, 9.17) is 0 Å². The molecular weight excluding hydrogens is 264 g/mol. The average molecular weight is 283 g/mol. The number of amides is 1. The van der Waals surface area contributed by atoms with Gasteiger partial charge in [-0.05, 0) is 13.3 Å². The third-order valence-electron chi connectivity index (χ3n) is 3.40. The van der Waals surface area contributed by atoms with E-state index in [1.807, 2.05) is 6.92 Å². The van der Waals surface area contributed by atoms with Gasteiger partial charge in [-0.1, -0.05) is 0 Å². The zero-order valence-corrected chi connectivity index (χ0v) is 11.5. The Kier molecular flexibility index (Phi) is 4.80. The number of rotatable bonds is 3. The maximum Gasteiger partial charge on any atom is 0.228 e. The van der Waals surface area contributed by atoms with Crippen LogP contribution >= 0.6 is 12.4 Å². The molecule has 0 bridgehead atoms. The summed E-state index contributed by atoms with van der Waals surface area (Å²) in [5.74, 6) is 0.545. The van der Waals surface area contributed by atoms with Crippen LogP contribution in [0, 0.1) is 5.92 Å². The molecule has 17 heavy (non-hydrogen) atoms. The molecule has 2 aliphatic heterocycles. The standard InChI is InChI=1S/C10H18N2O3S.ClH/c1-2-12(10(13)8-5-11-6-8)9-3-4-16(14,15)7-9;/h8-9,11H,2-7H2,1H3;1H. The van der Waals surface area contributed by atoms with Gasteiger partial charge < -0.3 is 10.2 Å². The van der Waals surface area contributed by atoms with Crippen molar-refractivity contribution in [2.75, 3.05) is 31.1 Å². The van der Waals surface area contributed by atoms with Crippen molar-refractivity contribution in [1.29, 1.82) is 0 Å². The van der Waals surface area contributed by atoms with E-state index >= 15 is 0 Å². The number of hydrogen-bond donors (Lipinski definition) is 1. The van der Waals surface area contributed by atoms with Crippen molar-refractivity contribution in [1.82, 2.24) is 10.2 Å². The Hall–Kier alpha value is -0.330. The van der Waals surface area contributed by atoms with Gasteiger partial charge in [0.05, 0.1) is 17.4 Å². The molecule has 0 saturated carbocycles. The average Bonchev–Trinajstić information content (AvgIpc) is 2.44. The first-order valence-electron chi connectivity index (χ1n) is 5.75. The first kappa shape index (κ1) is 14.7. The lowest BCUT2D eigenvalue weighted by atomic mass is 10.0. The summed E-state index contributed by atoms with van der Waals surface area (Å²) in [6, 6.07) is -0.0944. The molecule has 5 nitrogen and oxygen atoms in total. The number of hydrogen-bond acceptors (Lipinski definition) is 4. The maximum absolute atomic E-state index is 12.0. The zero-order chi connectivity index (χ0) is 11.8. The molecule has 0 aromatic heterocycles. The molecule has 0 aromatic rings. The van der Waals surface area contributed by atoms with Gasteiger partial charge in [0.2, 0.25) is 5.91 Å². The fourth-order valence-electron chi connectivity index (χ4n) is 2.31. The molecule has 100 valence electrons. The van der Waals surface area contributed by atoms with E-state index in [1.54, 1.807) is 4.90 Å². The van der Waals surface area contributed by atoms with Gasteiger partial charge in [0, 0.05) is 25.7 Å². The topological polar surface area (TPSA) is 66.5 Å². The smallest absolute Gasteiger partial charge is 0.228 e. The molecular formula is C10H19ClN2O3S. The van der Waals surface area contributed by atoms with Crippen LogP contribution in [0.1, 0.15) is 13.3 Å². The molecule has 1 atom stereocenters. The van der Waals surface area contributed by atoms with Gasteiger partial charge in [-0.2, -0.15) is 0 Å². The molecule has 1 unspecified atom stereocenters. The van der Waals surface area contributed by atoms with Crippen molar-refractivity contribution in [3.63, 3.8) is 0 Å². The lowest BCUT2D eigenvalue weighted by Gasteiger charge is -2.34. The van der Waals surface area contributed by atoms with Crippen molar-refractivity contribution in [3.8, 4) is 0 Å². The molecule has 0 aromatic carbocycles. The maximum atomic E-state index is 12.0. The number of halogens is 1. The third-order valence-corrected chi connectivity index (χ3v) is 5.15. The Labute approximate surface area is 108 Å². The fourth-order valence-corrected chi connectivity index (χ4v) is 4.04. The summed E-state index contributed by atoms with van der Waals surface area (Å²) in [6.07, 6.45) is 0.599. The van der Waals surface area contributed by atoms with E-state index < -0.39 is 9.84 Å². The number of carbonyl (C=O) groups excluding carboxylic acids is 1. The van der Waals surface area contributed by atoms with Crippen LogP contribution in [0.5, 0.6) is 0 Å². The summed E-state index contributed by atoms with van der Waals surface area (Å²) in [7, 11) is -2.91. The van der Waals surface area contributed by atoms with Crippen molar-refractivity contribution < 1.29 is 13.2 Å². The van der Waals surface area contributed by atoms with Crippen LogP contribution in [-0.4, -0.2) is 56.4 Å². The van der Waals surface area contributed by atoms with Crippen LogP contribution in [0.2, 0.25) is 0 Å². The predicted molar refractivity (Wildman–Crippen MR) is 68.1 cm³/mol. The van der Waals surface area contributed by atoms with Crippen LogP contribution in [0.25, 0.3) is 0 Å². The summed E-state index contributed by atoms with van der Waals surface area (Å²) in [4.78, 5) is 13.8. The predicted octanol–water partition coefficient (Wildman–Crippen LogP) is -0.337. The number of carbonyl (C=O) groups is 1. The van der Waals surface area contributed by atoms with Gasteiger partial charge in [0.15, 0.2) is 9.84 Å². The summed E-state index contributed by atoms with van der Waals surface area (Å²) in [6.45, 7) is 3.98. The molecule has 0 radical (unpaired) electrons. The first-order chi connectivity index (χ1) is 7.53. The second-order valence-electron chi connectivity index (χ2n) is 4.54. The van der Waals surface area contributed by atoms with Crippen molar-refractivity contribution >= 4 is 28.2 Å². The molecule has 2 aliphatic rings. The highest BCUT2D eigenvalue weighted by Gasteiger charge is 2.37. The minimum Gasteiger partial charge on any atom is -0.339 e. The van der Waals surface area contributed by atoms with E-state index in [2.05, 4.69) is 5.32 Å². The second-order valence-corrected chi connectivity index (χ2v) is 6.77. The van der Waals surface area contributed by atoms with Crippen molar-refractivity contribution in [2.45, 2.75) is 19.4 Å². The Morgan fingerprint density at radius 2 is 2.06 bits per heavy atom. The molecule has 2 heterocycles. The Bertz CT molecular complexity index is 381. The Morgan fingerprint density at radius 1 is 1.41 bits per heavy atom. The van der Waals surface area contributed by atoms with Gasteiger partial charge in [-0.25, -0.2) is 8.42 Å². The minimum absolute atomic E-state index is 0. The largest absolute Gasteiger partial charge is 0.339 e. The number of nitrogens with zero attached hydrogens (tertiary/aromatic N) is 1. The molecule has 7 heteroatoms. The summed E-state index contributed by atoms with van der Waals surface area (Å²) in [5.41, 5.74) is 0. The highest BCUT2D eigenvalue weighted by Crippen LogP contribution is 2.20.